The van der Waals surface area contributed by atoms with Gasteiger partial charge in [-0.3, -0.25) is 9.69 Å². The average Bonchev–Trinajstić information content (AvgIpc) is 3.15. The second-order valence-corrected chi connectivity index (χ2v) is 7.58. The van der Waals surface area contributed by atoms with Crippen LogP contribution >= 0.6 is 0 Å². The monoisotopic (exact) mass is 376 g/mol. The van der Waals surface area contributed by atoms with Crippen molar-refractivity contribution in [2.24, 2.45) is 0 Å². The molecule has 1 aliphatic rings. The number of hydrogen-bond donors (Lipinski definition) is 2. The largest absolute Gasteiger partial charge is 0.352 e. The minimum Gasteiger partial charge on any atom is -0.352 e. The number of carbonyl (C=O) groups excluding carboxylic acids is 1. The summed E-state index contributed by atoms with van der Waals surface area (Å²) in [6, 6.07) is 16.4. The third kappa shape index (κ3) is 4.78. The van der Waals surface area contributed by atoms with Gasteiger partial charge in [-0.2, -0.15) is 0 Å². The van der Waals surface area contributed by atoms with Gasteiger partial charge in [0.1, 0.15) is 5.82 Å². The number of piperidine rings is 1. The Bertz CT molecular complexity index is 894. The number of nitrogens with one attached hydrogen (secondary N) is 2. The van der Waals surface area contributed by atoms with E-state index in [0.29, 0.717) is 19.4 Å². The third-order valence-corrected chi connectivity index (χ3v) is 5.46. The first-order valence-corrected chi connectivity index (χ1v) is 10.3. The highest BCUT2D eigenvalue weighted by molar-refractivity contribution is 5.77. The predicted octanol–water partition coefficient (Wildman–Crippen LogP) is 3.80. The Hall–Kier alpha value is -2.66. The Balaban J connectivity index is 1.29. The molecule has 1 aliphatic heterocycles. The fraction of sp³-hybridized carbons (Fsp3) is 0.391. The van der Waals surface area contributed by atoms with Crippen LogP contribution in [0.5, 0.6) is 0 Å². The molecule has 0 radical (unpaired) electrons. The van der Waals surface area contributed by atoms with Gasteiger partial charge in [0.2, 0.25) is 5.91 Å². The SMILES string of the molecule is O=C(CCc1nc2ccccc2[nH]1)NCc1ccccc1CN1CCCCC1. The summed E-state index contributed by atoms with van der Waals surface area (Å²) in [5, 5.41) is 3.08. The maximum Gasteiger partial charge on any atom is 0.220 e. The lowest BCUT2D eigenvalue weighted by Crippen LogP contribution is -2.30. The number of hydrogen-bond acceptors (Lipinski definition) is 3. The molecule has 0 bridgehead atoms. The highest BCUT2D eigenvalue weighted by Gasteiger charge is 2.13. The molecule has 0 atom stereocenters. The molecule has 146 valence electrons. The van der Waals surface area contributed by atoms with E-state index in [1.165, 1.54) is 43.5 Å². The minimum absolute atomic E-state index is 0.0632. The van der Waals surface area contributed by atoms with Crippen molar-refractivity contribution in [3.63, 3.8) is 0 Å². The number of aryl methyl sites for hydroxylation is 1. The zero-order chi connectivity index (χ0) is 19.2. The third-order valence-electron chi connectivity index (χ3n) is 5.46. The van der Waals surface area contributed by atoms with E-state index in [2.05, 4.69) is 44.5 Å². The summed E-state index contributed by atoms with van der Waals surface area (Å²) in [7, 11) is 0. The molecule has 2 aromatic carbocycles. The molecule has 1 amide bonds. The fourth-order valence-electron chi connectivity index (χ4n) is 3.88. The van der Waals surface area contributed by atoms with Crippen LogP contribution in [0.3, 0.4) is 0 Å². The van der Waals surface area contributed by atoms with Gasteiger partial charge >= 0.3 is 0 Å². The first-order valence-electron chi connectivity index (χ1n) is 10.3. The van der Waals surface area contributed by atoms with Crippen LogP contribution in [0.15, 0.2) is 48.5 Å². The summed E-state index contributed by atoms with van der Waals surface area (Å²) in [4.78, 5) is 22.7. The lowest BCUT2D eigenvalue weighted by molar-refractivity contribution is -0.121. The Labute approximate surface area is 166 Å². The smallest absolute Gasteiger partial charge is 0.220 e. The molecule has 1 aromatic heterocycles. The molecule has 0 saturated carbocycles. The molecule has 3 aromatic rings. The maximum atomic E-state index is 12.3. The Morgan fingerprint density at radius 2 is 1.75 bits per heavy atom. The number of para-hydroxylation sites is 2. The normalized spacial score (nSPS) is 15.0. The van der Waals surface area contributed by atoms with E-state index < -0.39 is 0 Å². The van der Waals surface area contributed by atoms with Gasteiger partial charge in [-0.15, -0.1) is 0 Å². The molecule has 1 saturated heterocycles. The van der Waals surface area contributed by atoms with Crippen molar-refractivity contribution in [2.75, 3.05) is 13.1 Å². The van der Waals surface area contributed by atoms with Crippen LogP contribution in [-0.2, 0) is 24.3 Å². The Morgan fingerprint density at radius 1 is 1.00 bits per heavy atom. The van der Waals surface area contributed by atoms with Crippen LogP contribution in [0.25, 0.3) is 11.0 Å². The van der Waals surface area contributed by atoms with Gasteiger partial charge in [-0.1, -0.05) is 42.8 Å². The molecule has 28 heavy (non-hydrogen) atoms. The first-order chi connectivity index (χ1) is 13.8. The number of rotatable bonds is 7. The van der Waals surface area contributed by atoms with Crippen molar-refractivity contribution in [1.82, 2.24) is 20.2 Å². The van der Waals surface area contributed by atoms with Crippen molar-refractivity contribution < 1.29 is 4.79 Å². The highest BCUT2D eigenvalue weighted by Crippen LogP contribution is 2.16. The molecule has 5 nitrogen and oxygen atoms in total. The zero-order valence-electron chi connectivity index (χ0n) is 16.3. The van der Waals surface area contributed by atoms with Crippen LogP contribution in [0, 0.1) is 0 Å². The molecule has 5 heteroatoms. The number of fused-ring (bicyclic) bond motifs is 1. The van der Waals surface area contributed by atoms with Gasteiger partial charge in [0.25, 0.3) is 0 Å². The van der Waals surface area contributed by atoms with Crippen LogP contribution in [0.2, 0.25) is 0 Å². The van der Waals surface area contributed by atoms with E-state index in [9.17, 15) is 4.79 Å². The molecular formula is C23H28N4O. The molecule has 0 unspecified atom stereocenters. The van der Waals surface area contributed by atoms with E-state index >= 15 is 0 Å². The summed E-state index contributed by atoms with van der Waals surface area (Å²) in [6.45, 7) is 3.92. The lowest BCUT2D eigenvalue weighted by atomic mass is 10.0. The second-order valence-electron chi connectivity index (χ2n) is 7.58. The number of imidazole rings is 1. The summed E-state index contributed by atoms with van der Waals surface area (Å²) in [6.07, 6.45) is 4.99. The van der Waals surface area contributed by atoms with Crippen molar-refractivity contribution >= 4 is 16.9 Å². The van der Waals surface area contributed by atoms with Gasteiger partial charge in [-0.25, -0.2) is 4.98 Å². The van der Waals surface area contributed by atoms with Crippen molar-refractivity contribution in [1.29, 1.82) is 0 Å². The topological polar surface area (TPSA) is 61.0 Å². The number of aromatic amines is 1. The van der Waals surface area contributed by atoms with Crippen molar-refractivity contribution in [2.45, 2.75) is 45.2 Å². The van der Waals surface area contributed by atoms with E-state index in [-0.39, 0.29) is 5.91 Å². The van der Waals surface area contributed by atoms with Gasteiger partial charge in [0, 0.05) is 25.9 Å². The molecular weight excluding hydrogens is 348 g/mol. The van der Waals surface area contributed by atoms with Gasteiger partial charge in [0.05, 0.1) is 11.0 Å². The molecule has 1 fully saturated rings. The Morgan fingerprint density at radius 3 is 2.57 bits per heavy atom. The van der Waals surface area contributed by atoms with Crippen LogP contribution in [0.1, 0.15) is 42.6 Å². The number of benzene rings is 2. The summed E-state index contributed by atoms with van der Waals surface area (Å²) in [5.74, 6) is 0.926. The number of aromatic nitrogens is 2. The molecule has 0 spiro atoms. The summed E-state index contributed by atoms with van der Waals surface area (Å²) in [5.41, 5.74) is 4.50. The van der Waals surface area contributed by atoms with Crippen molar-refractivity contribution in [3.8, 4) is 0 Å². The molecule has 4 rings (SSSR count). The van der Waals surface area contributed by atoms with Gasteiger partial charge in [-0.05, 0) is 49.2 Å². The highest BCUT2D eigenvalue weighted by atomic mass is 16.1. The lowest BCUT2D eigenvalue weighted by Gasteiger charge is -2.27. The second kappa shape index (κ2) is 9.02. The zero-order valence-corrected chi connectivity index (χ0v) is 16.3. The molecule has 2 N–H and O–H groups in total. The van der Waals surface area contributed by atoms with E-state index in [0.717, 1.165) is 23.4 Å². The summed E-state index contributed by atoms with van der Waals surface area (Å²) < 4.78 is 0. The van der Waals surface area contributed by atoms with E-state index in [1.807, 2.05) is 24.3 Å². The predicted molar refractivity (Wildman–Crippen MR) is 112 cm³/mol. The Kier molecular flexibility index (Phi) is 6.02. The van der Waals surface area contributed by atoms with E-state index in [4.69, 9.17) is 0 Å². The molecule has 0 aliphatic carbocycles. The number of carbonyl (C=O) groups is 1. The number of amides is 1. The van der Waals surface area contributed by atoms with Crippen LogP contribution in [0.4, 0.5) is 0 Å². The fourth-order valence-corrected chi connectivity index (χ4v) is 3.88. The van der Waals surface area contributed by atoms with Crippen molar-refractivity contribution in [3.05, 3.63) is 65.5 Å². The first kappa shape index (κ1) is 18.7. The quantitative estimate of drug-likeness (QED) is 0.659. The number of H-pyrrole nitrogens is 1. The van der Waals surface area contributed by atoms with E-state index in [1.54, 1.807) is 0 Å². The van der Waals surface area contributed by atoms with Gasteiger partial charge in [0.15, 0.2) is 0 Å². The van der Waals surface area contributed by atoms with Gasteiger partial charge < -0.3 is 10.3 Å². The minimum atomic E-state index is 0.0632. The average molecular weight is 377 g/mol. The standard InChI is InChI=1S/C23H28N4O/c28-23(13-12-22-25-20-10-4-5-11-21(20)26-22)24-16-18-8-2-3-9-19(18)17-27-14-6-1-7-15-27/h2-5,8-11H,1,6-7,12-17H2,(H,24,28)(H,25,26). The number of likely N-dealkylation sites (tertiary alicyclic amines) is 1. The maximum absolute atomic E-state index is 12.3. The summed E-state index contributed by atoms with van der Waals surface area (Å²) >= 11 is 0. The van der Waals surface area contributed by atoms with Crippen LogP contribution in [-0.4, -0.2) is 33.9 Å². The molecule has 2 heterocycles. The number of nitrogens with zero attached hydrogens (tertiary/aromatic N) is 2. The van der Waals surface area contributed by atoms with Crippen LogP contribution < -0.4 is 5.32 Å².